The van der Waals surface area contributed by atoms with E-state index in [-0.39, 0.29) is 6.10 Å². The van der Waals surface area contributed by atoms with Gasteiger partial charge in [0.25, 0.3) is 0 Å². The maximum absolute atomic E-state index is 10.2. The Morgan fingerprint density at radius 2 is 1.74 bits per heavy atom. The smallest absolute Gasteiger partial charge is 0.328 e. The molecular weight excluding hydrogens is 240 g/mol. The molecule has 0 aliphatic rings. The van der Waals surface area contributed by atoms with Gasteiger partial charge in [-0.2, -0.15) is 0 Å². The first-order valence-electron chi connectivity index (χ1n) is 7.07. The highest BCUT2D eigenvalue weighted by Gasteiger charge is 2.01. The quantitative estimate of drug-likeness (QED) is 0.339. The van der Waals surface area contributed by atoms with Crippen molar-refractivity contribution < 1.29 is 15.0 Å². The lowest BCUT2D eigenvalue weighted by Crippen LogP contribution is -2.05. The predicted molar refractivity (Wildman–Crippen MR) is 79.1 cm³/mol. The average Bonchev–Trinajstić information content (AvgIpc) is 2.36. The second kappa shape index (κ2) is 13.1. The Bertz CT molecular complexity index is 303. The normalized spacial score (nSPS) is 13.8. The van der Waals surface area contributed by atoms with Gasteiger partial charge in [0.2, 0.25) is 0 Å². The number of carboxylic acids is 1. The van der Waals surface area contributed by atoms with E-state index in [2.05, 4.69) is 6.92 Å². The summed E-state index contributed by atoms with van der Waals surface area (Å²) in [5.41, 5.74) is 0. The van der Waals surface area contributed by atoms with E-state index in [1.54, 1.807) is 12.2 Å². The lowest BCUT2D eigenvalue weighted by Gasteiger charge is -2.08. The summed E-state index contributed by atoms with van der Waals surface area (Å²) in [4.78, 5) is 10.2. The summed E-state index contributed by atoms with van der Waals surface area (Å²) >= 11 is 0. The highest BCUT2D eigenvalue weighted by molar-refractivity contribution is 5.80. The van der Waals surface area contributed by atoms with Crippen molar-refractivity contribution >= 4 is 5.97 Å². The molecule has 1 unspecified atom stereocenters. The Hall–Kier alpha value is -1.35. The molecule has 0 aliphatic heterocycles. The molecule has 0 bridgehead atoms. The average molecular weight is 266 g/mol. The van der Waals surface area contributed by atoms with Crippen LogP contribution in [0.2, 0.25) is 0 Å². The Balaban J connectivity index is 3.49. The van der Waals surface area contributed by atoms with Crippen LogP contribution in [0.5, 0.6) is 0 Å². The summed E-state index contributed by atoms with van der Waals surface area (Å²) in [6.07, 6.45) is 17.1. The van der Waals surface area contributed by atoms with E-state index >= 15 is 0 Å². The van der Waals surface area contributed by atoms with Gasteiger partial charge >= 0.3 is 5.97 Å². The second-order valence-corrected chi connectivity index (χ2v) is 4.59. The topological polar surface area (TPSA) is 57.5 Å². The minimum atomic E-state index is -0.939. The lowest BCUT2D eigenvalue weighted by molar-refractivity contribution is -0.131. The molecule has 0 aromatic carbocycles. The summed E-state index contributed by atoms with van der Waals surface area (Å²) in [6.45, 7) is 2.16. The van der Waals surface area contributed by atoms with E-state index in [1.165, 1.54) is 18.9 Å². The van der Waals surface area contributed by atoms with Crippen LogP contribution in [0.1, 0.15) is 51.9 Å². The monoisotopic (exact) mass is 266 g/mol. The summed E-state index contributed by atoms with van der Waals surface area (Å²) in [5.74, 6) is -0.939. The van der Waals surface area contributed by atoms with Gasteiger partial charge < -0.3 is 10.2 Å². The van der Waals surface area contributed by atoms with Crippen molar-refractivity contribution in [2.75, 3.05) is 0 Å². The number of rotatable bonds is 11. The summed E-state index contributed by atoms with van der Waals surface area (Å²) in [7, 11) is 0. The first-order chi connectivity index (χ1) is 9.16. The van der Waals surface area contributed by atoms with E-state index in [4.69, 9.17) is 5.11 Å². The maximum atomic E-state index is 10.2. The van der Waals surface area contributed by atoms with Crippen molar-refractivity contribution in [1.29, 1.82) is 0 Å². The molecule has 1 atom stereocenters. The zero-order valence-corrected chi connectivity index (χ0v) is 11.8. The highest BCUT2D eigenvalue weighted by Crippen LogP contribution is 2.09. The van der Waals surface area contributed by atoms with Gasteiger partial charge in [-0.3, -0.25) is 0 Å². The van der Waals surface area contributed by atoms with Gasteiger partial charge in [0.05, 0.1) is 6.10 Å². The number of aliphatic hydroxyl groups is 1. The molecule has 108 valence electrons. The largest absolute Gasteiger partial charge is 0.478 e. The van der Waals surface area contributed by atoms with Crippen LogP contribution in [0.15, 0.2) is 36.5 Å². The molecule has 19 heavy (non-hydrogen) atoms. The predicted octanol–water partition coefficient (Wildman–Crippen LogP) is 3.85. The van der Waals surface area contributed by atoms with Crippen LogP contribution in [0.4, 0.5) is 0 Å². The van der Waals surface area contributed by atoms with Gasteiger partial charge in [-0.15, -0.1) is 0 Å². The first kappa shape index (κ1) is 17.6. The molecule has 0 aromatic heterocycles. The van der Waals surface area contributed by atoms with Crippen LogP contribution in [0, 0.1) is 0 Å². The number of hydrogen-bond acceptors (Lipinski definition) is 2. The van der Waals surface area contributed by atoms with Gasteiger partial charge in [0.15, 0.2) is 0 Å². The Morgan fingerprint density at radius 3 is 2.42 bits per heavy atom. The third kappa shape index (κ3) is 14.6. The van der Waals surface area contributed by atoms with Gasteiger partial charge in [0.1, 0.15) is 0 Å². The zero-order chi connectivity index (χ0) is 14.3. The van der Waals surface area contributed by atoms with E-state index in [0.717, 1.165) is 38.2 Å². The summed E-state index contributed by atoms with van der Waals surface area (Å²) in [6, 6.07) is 0. The number of carbonyl (C=O) groups is 1. The van der Waals surface area contributed by atoms with Crippen molar-refractivity contribution in [3.63, 3.8) is 0 Å². The number of allylic oxidation sites excluding steroid dienone is 5. The number of carboxylic acid groups (broad SMARTS) is 1. The fourth-order valence-corrected chi connectivity index (χ4v) is 1.69. The number of aliphatic hydroxyl groups excluding tert-OH is 1. The minimum absolute atomic E-state index is 0.158. The molecule has 3 nitrogen and oxygen atoms in total. The number of hydrogen-bond donors (Lipinski definition) is 2. The van der Waals surface area contributed by atoms with E-state index in [9.17, 15) is 9.90 Å². The minimum Gasteiger partial charge on any atom is -0.478 e. The Labute approximate surface area is 116 Å². The van der Waals surface area contributed by atoms with Crippen LogP contribution in [0.3, 0.4) is 0 Å². The molecule has 0 radical (unpaired) electrons. The molecule has 0 amide bonds. The first-order valence-corrected chi connectivity index (χ1v) is 7.07. The van der Waals surface area contributed by atoms with Crippen LogP contribution in [-0.4, -0.2) is 22.3 Å². The van der Waals surface area contributed by atoms with Crippen molar-refractivity contribution in [2.24, 2.45) is 0 Å². The molecule has 0 aliphatic carbocycles. The van der Waals surface area contributed by atoms with Gasteiger partial charge in [-0.05, 0) is 25.7 Å². The highest BCUT2D eigenvalue weighted by atomic mass is 16.4. The molecule has 0 fully saturated rings. The van der Waals surface area contributed by atoms with Crippen LogP contribution in [0.25, 0.3) is 0 Å². The fourth-order valence-electron chi connectivity index (χ4n) is 1.69. The van der Waals surface area contributed by atoms with Gasteiger partial charge in [0, 0.05) is 6.08 Å². The molecule has 0 saturated carbocycles. The van der Waals surface area contributed by atoms with Gasteiger partial charge in [-0.1, -0.05) is 56.6 Å². The van der Waals surface area contributed by atoms with Crippen LogP contribution in [-0.2, 0) is 4.79 Å². The third-order valence-electron chi connectivity index (χ3n) is 2.76. The summed E-state index contributed by atoms with van der Waals surface area (Å²) in [5, 5.41) is 18.1. The van der Waals surface area contributed by atoms with Crippen molar-refractivity contribution in [3.05, 3.63) is 36.5 Å². The maximum Gasteiger partial charge on any atom is 0.328 e. The van der Waals surface area contributed by atoms with E-state index in [1.807, 2.05) is 12.2 Å². The Morgan fingerprint density at radius 1 is 1.05 bits per heavy atom. The van der Waals surface area contributed by atoms with Crippen LogP contribution >= 0.6 is 0 Å². The molecule has 2 N–H and O–H groups in total. The van der Waals surface area contributed by atoms with E-state index in [0.29, 0.717) is 0 Å². The van der Waals surface area contributed by atoms with Crippen LogP contribution < -0.4 is 0 Å². The van der Waals surface area contributed by atoms with E-state index < -0.39 is 5.97 Å². The third-order valence-corrected chi connectivity index (χ3v) is 2.76. The number of unbranched alkanes of at least 4 members (excludes halogenated alkanes) is 3. The Kier molecular flexibility index (Phi) is 12.2. The van der Waals surface area contributed by atoms with Crippen molar-refractivity contribution in [3.8, 4) is 0 Å². The molecular formula is C16H26O3. The number of aliphatic carboxylic acids is 1. The van der Waals surface area contributed by atoms with Gasteiger partial charge in [-0.25, -0.2) is 4.79 Å². The molecule has 0 rings (SSSR count). The SMILES string of the molecule is CCCCCC(O)CCC/C=C/C=C/C=C/C(=O)O. The zero-order valence-electron chi connectivity index (χ0n) is 11.8. The molecule has 0 aromatic rings. The fraction of sp³-hybridized carbons (Fsp3) is 0.562. The molecule has 0 spiro atoms. The van der Waals surface area contributed by atoms with Crippen molar-refractivity contribution in [2.45, 2.75) is 58.0 Å². The molecule has 0 heterocycles. The molecule has 0 saturated heterocycles. The molecule has 3 heteroatoms. The lowest BCUT2D eigenvalue weighted by atomic mass is 10.1. The summed E-state index contributed by atoms with van der Waals surface area (Å²) < 4.78 is 0. The van der Waals surface area contributed by atoms with Crippen molar-refractivity contribution in [1.82, 2.24) is 0 Å². The second-order valence-electron chi connectivity index (χ2n) is 4.59. The standard InChI is InChI=1S/C16H26O3/c1-2-3-9-12-15(17)13-10-7-5-4-6-8-11-14-16(18)19/h4-6,8,11,14-15,17H,2-3,7,9-10,12-13H2,1H3,(H,18,19)/b5-4+,8-6+,14-11+.